The Labute approximate surface area is 197 Å². The fourth-order valence-corrected chi connectivity index (χ4v) is 6.31. The van der Waals surface area contributed by atoms with Gasteiger partial charge in [-0.3, -0.25) is 24.1 Å². The van der Waals surface area contributed by atoms with Gasteiger partial charge in [0.1, 0.15) is 11.8 Å². The van der Waals surface area contributed by atoms with Gasteiger partial charge in [0.2, 0.25) is 11.8 Å². The average molecular weight is 498 g/mol. The highest BCUT2D eigenvalue weighted by molar-refractivity contribution is 8.18. The maximum atomic E-state index is 12.6. The molecular weight excluding hydrogens is 476 g/mol. The molecule has 3 fully saturated rings. The number of nitrogens with zero attached hydrogens (tertiary/aromatic N) is 2. The number of halogens is 2. The van der Waals surface area contributed by atoms with E-state index in [0.717, 1.165) is 16.7 Å². The van der Waals surface area contributed by atoms with Crippen LogP contribution in [-0.4, -0.2) is 69.1 Å². The van der Waals surface area contributed by atoms with Crippen molar-refractivity contribution in [3.8, 4) is 5.75 Å². The molecule has 0 unspecified atom stereocenters. The molecule has 0 bridgehead atoms. The number of rotatable bonds is 7. The van der Waals surface area contributed by atoms with Gasteiger partial charge < -0.3 is 15.0 Å². The molecule has 8 nitrogen and oxygen atoms in total. The van der Waals surface area contributed by atoms with Gasteiger partial charge in [-0.05, 0) is 48.9 Å². The molecule has 4 rings (SSSR count). The molecule has 0 aliphatic carbocycles. The Kier molecular flexibility index (Phi) is 6.66. The molecule has 12 heteroatoms. The second-order valence-corrected chi connectivity index (χ2v) is 10.3. The topological polar surface area (TPSA) is 96.0 Å². The monoisotopic (exact) mass is 497 g/mol. The summed E-state index contributed by atoms with van der Waals surface area (Å²) in [6.45, 7) is -0.897. The van der Waals surface area contributed by atoms with Crippen molar-refractivity contribution in [2.75, 3.05) is 18.8 Å². The number of fused-ring (bicyclic) bond motifs is 1. The highest BCUT2D eigenvalue weighted by Crippen LogP contribution is 2.47. The second-order valence-electron chi connectivity index (χ2n) is 7.84. The van der Waals surface area contributed by atoms with Crippen LogP contribution in [-0.2, 0) is 14.4 Å². The van der Waals surface area contributed by atoms with E-state index in [1.54, 1.807) is 16.7 Å². The summed E-state index contributed by atoms with van der Waals surface area (Å²) >= 11 is 2.36. The molecule has 3 saturated heterocycles. The molecular formula is C21H21F2N3O5S2. The lowest BCUT2D eigenvalue weighted by Gasteiger charge is -2.29. The zero-order valence-corrected chi connectivity index (χ0v) is 19.2. The molecule has 1 aromatic rings. The van der Waals surface area contributed by atoms with Crippen molar-refractivity contribution in [2.24, 2.45) is 0 Å². The Hall–Kier alpha value is -2.60. The largest absolute Gasteiger partial charge is 0.435 e. The first-order valence-electron chi connectivity index (χ1n) is 10.2. The summed E-state index contributed by atoms with van der Waals surface area (Å²) < 4.78 is 28.8. The van der Waals surface area contributed by atoms with Crippen molar-refractivity contribution in [3.63, 3.8) is 0 Å². The van der Waals surface area contributed by atoms with E-state index in [1.807, 2.05) is 6.92 Å². The van der Waals surface area contributed by atoms with Crippen LogP contribution in [0.2, 0.25) is 0 Å². The van der Waals surface area contributed by atoms with Gasteiger partial charge in [-0.25, -0.2) is 0 Å². The van der Waals surface area contributed by atoms with Gasteiger partial charge in [0.15, 0.2) is 0 Å². The van der Waals surface area contributed by atoms with Crippen LogP contribution in [0.1, 0.15) is 25.3 Å². The van der Waals surface area contributed by atoms with Crippen LogP contribution in [0.15, 0.2) is 29.2 Å². The Morgan fingerprint density at radius 1 is 1.30 bits per heavy atom. The van der Waals surface area contributed by atoms with Crippen LogP contribution in [0, 0.1) is 0 Å². The van der Waals surface area contributed by atoms with E-state index in [2.05, 4.69) is 10.1 Å². The third-order valence-electron chi connectivity index (χ3n) is 5.66. The molecule has 176 valence electrons. The summed E-state index contributed by atoms with van der Waals surface area (Å²) in [6, 6.07) is 5.13. The van der Waals surface area contributed by atoms with Gasteiger partial charge in [-0.15, -0.1) is 11.8 Å². The van der Waals surface area contributed by atoms with E-state index < -0.39 is 23.8 Å². The SMILES string of the molecule is C[C@@]12CCC(=O)N1[C@@H](C(=O)NCCN1C(=O)S/C(=C/c3ccc(OC(F)F)cc3)C1=O)CS2. The van der Waals surface area contributed by atoms with Crippen LogP contribution < -0.4 is 10.1 Å². The minimum atomic E-state index is -2.93. The second kappa shape index (κ2) is 9.34. The van der Waals surface area contributed by atoms with E-state index in [4.69, 9.17) is 0 Å². The zero-order valence-electron chi connectivity index (χ0n) is 17.6. The number of imide groups is 1. The van der Waals surface area contributed by atoms with E-state index in [9.17, 15) is 28.0 Å². The lowest BCUT2D eigenvalue weighted by molar-refractivity contribution is -0.137. The van der Waals surface area contributed by atoms with Crippen molar-refractivity contribution in [3.05, 3.63) is 34.7 Å². The predicted molar refractivity (Wildman–Crippen MR) is 119 cm³/mol. The predicted octanol–water partition coefficient (Wildman–Crippen LogP) is 2.89. The molecule has 0 radical (unpaired) electrons. The summed E-state index contributed by atoms with van der Waals surface area (Å²) in [5.41, 5.74) is 0.549. The number of thioether (sulfide) groups is 2. The maximum Gasteiger partial charge on any atom is 0.387 e. The first-order chi connectivity index (χ1) is 15.7. The summed E-state index contributed by atoms with van der Waals surface area (Å²) in [5, 5.41) is 2.27. The normalized spacial score (nSPS) is 26.0. The van der Waals surface area contributed by atoms with E-state index in [0.29, 0.717) is 24.2 Å². The molecule has 0 spiro atoms. The number of ether oxygens (including phenoxy) is 1. The van der Waals surface area contributed by atoms with Crippen molar-refractivity contribution in [2.45, 2.75) is 37.3 Å². The van der Waals surface area contributed by atoms with E-state index in [1.165, 1.54) is 30.3 Å². The first-order valence-corrected chi connectivity index (χ1v) is 12.0. The van der Waals surface area contributed by atoms with Crippen molar-refractivity contribution in [1.82, 2.24) is 15.1 Å². The molecule has 0 saturated carbocycles. The number of alkyl halides is 2. The first kappa shape index (κ1) is 23.6. The van der Waals surface area contributed by atoms with Gasteiger partial charge in [0, 0.05) is 25.3 Å². The van der Waals surface area contributed by atoms with Gasteiger partial charge in [0.25, 0.3) is 11.1 Å². The molecule has 3 heterocycles. The third-order valence-corrected chi connectivity index (χ3v) is 8.07. The smallest absolute Gasteiger partial charge is 0.387 e. The number of carbonyl (C=O) groups is 4. The summed E-state index contributed by atoms with van der Waals surface area (Å²) in [4.78, 5) is 52.3. The minimum Gasteiger partial charge on any atom is -0.435 e. The van der Waals surface area contributed by atoms with Crippen LogP contribution in [0.5, 0.6) is 5.75 Å². The molecule has 33 heavy (non-hydrogen) atoms. The quantitative estimate of drug-likeness (QED) is 0.579. The van der Waals surface area contributed by atoms with Crippen LogP contribution in [0.4, 0.5) is 13.6 Å². The van der Waals surface area contributed by atoms with Crippen LogP contribution in [0.3, 0.4) is 0 Å². The summed E-state index contributed by atoms with van der Waals surface area (Å²) in [7, 11) is 0. The highest BCUT2D eigenvalue weighted by atomic mass is 32.2. The third kappa shape index (κ3) is 4.86. The summed E-state index contributed by atoms with van der Waals surface area (Å²) in [6.07, 6.45) is 2.63. The fourth-order valence-electron chi connectivity index (χ4n) is 4.01. The Morgan fingerprint density at radius 3 is 2.73 bits per heavy atom. The number of amides is 4. The van der Waals surface area contributed by atoms with Gasteiger partial charge >= 0.3 is 6.61 Å². The molecule has 1 aromatic carbocycles. The Bertz CT molecular complexity index is 1020. The minimum absolute atomic E-state index is 0.00000985. The van der Waals surface area contributed by atoms with E-state index in [-0.39, 0.29) is 40.4 Å². The lowest BCUT2D eigenvalue weighted by Crippen LogP contribution is -2.51. The standard InChI is InChI=1S/C21H21F2N3O5S2/c1-21-7-6-16(27)26(21)14(11-32-21)17(28)24-8-9-25-18(29)15(33-20(25)30)10-12-2-4-13(5-3-12)31-19(22)23/h2-5,10,14,19H,6-9,11H2,1H3,(H,24,28)/b15-10+/t14-,21-/m1/s1. The lowest BCUT2D eigenvalue weighted by atomic mass is 10.2. The molecule has 3 aliphatic rings. The highest BCUT2D eigenvalue weighted by Gasteiger charge is 2.52. The number of carbonyl (C=O) groups excluding carboxylic acids is 4. The Balaban J connectivity index is 1.32. The van der Waals surface area contributed by atoms with Gasteiger partial charge in [0.05, 0.1) is 9.78 Å². The molecule has 0 aromatic heterocycles. The number of hydrogen-bond acceptors (Lipinski definition) is 7. The summed E-state index contributed by atoms with van der Waals surface area (Å²) in [5.74, 6) is -0.324. The zero-order chi connectivity index (χ0) is 23.8. The van der Waals surface area contributed by atoms with Gasteiger partial charge in [-0.2, -0.15) is 8.78 Å². The molecule has 2 atom stereocenters. The number of benzene rings is 1. The van der Waals surface area contributed by atoms with Crippen molar-refractivity contribution in [1.29, 1.82) is 0 Å². The fraction of sp³-hybridized carbons (Fsp3) is 0.429. The van der Waals surface area contributed by atoms with Crippen LogP contribution >= 0.6 is 23.5 Å². The van der Waals surface area contributed by atoms with Gasteiger partial charge in [-0.1, -0.05) is 12.1 Å². The average Bonchev–Trinajstić information content (AvgIpc) is 3.35. The Morgan fingerprint density at radius 2 is 2.03 bits per heavy atom. The number of nitrogens with one attached hydrogen (secondary N) is 1. The number of hydrogen-bond donors (Lipinski definition) is 1. The molecule has 3 aliphatic heterocycles. The van der Waals surface area contributed by atoms with E-state index >= 15 is 0 Å². The van der Waals surface area contributed by atoms with Crippen molar-refractivity contribution < 1.29 is 32.7 Å². The van der Waals surface area contributed by atoms with Crippen molar-refractivity contribution >= 4 is 52.6 Å². The van der Waals surface area contributed by atoms with Crippen LogP contribution in [0.25, 0.3) is 6.08 Å². The molecule has 4 amide bonds. The molecule has 1 N–H and O–H groups in total. The maximum absolute atomic E-state index is 12.6.